The summed E-state index contributed by atoms with van der Waals surface area (Å²) in [5, 5.41) is 0. The van der Waals surface area contributed by atoms with E-state index >= 15 is 0 Å². The van der Waals surface area contributed by atoms with Crippen molar-refractivity contribution in [3.8, 4) is 0 Å². The van der Waals surface area contributed by atoms with Crippen molar-refractivity contribution in [1.29, 1.82) is 0 Å². The second-order valence-corrected chi connectivity index (χ2v) is 2.67. The first-order valence-corrected chi connectivity index (χ1v) is 3.60. The van der Waals surface area contributed by atoms with Crippen LogP contribution >= 0.6 is 0 Å². The Morgan fingerprint density at radius 2 is 2.36 bits per heavy atom. The van der Waals surface area contributed by atoms with Gasteiger partial charge in [-0.2, -0.15) is 0 Å². The van der Waals surface area contributed by atoms with E-state index in [1.165, 1.54) is 0 Å². The summed E-state index contributed by atoms with van der Waals surface area (Å²) in [6, 6.07) is 0. The molecule has 1 aliphatic rings. The maximum atomic E-state index is 10.5. The van der Waals surface area contributed by atoms with Crippen molar-refractivity contribution in [1.82, 2.24) is 5.73 Å². The summed E-state index contributed by atoms with van der Waals surface area (Å²) in [7, 11) is 0. The summed E-state index contributed by atoms with van der Waals surface area (Å²) >= 11 is 0. The highest BCUT2D eigenvalue weighted by molar-refractivity contribution is 5.81. The van der Waals surface area contributed by atoms with Crippen LogP contribution in [-0.2, 0) is 9.59 Å². The molecule has 0 aromatic rings. The quantitative estimate of drug-likeness (QED) is 0.422. The first-order chi connectivity index (χ1) is 5.25. The molecule has 1 rings (SSSR count). The highest BCUT2D eigenvalue weighted by Gasteiger charge is 2.26. The average Bonchev–Trinajstić information content (AvgIpc) is 2.04. The number of allylic oxidation sites excluding steroid dienone is 1. The van der Waals surface area contributed by atoms with Gasteiger partial charge in [0.05, 0.1) is 5.92 Å². The molecule has 0 saturated carbocycles. The van der Waals surface area contributed by atoms with Crippen molar-refractivity contribution in [2.45, 2.75) is 12.8 Å². The van der Waals surface area contributed by atoms with E-state index in [1.807, 2.05) is 6.08 Å². The molecular formula is C8H9NO2. The fourth-order valence-electron chi connectivity index (χ4n) is 1.27. The molecule has 2 unspecified atom stereocenters. The van der Waals surface area contributed by atoms with Crippen LogP contribution in [-0.4, -0.2) is 12.2 Å². The third-order valence-electron chi connectivity index (χ3n) is 1.93. The second-order valence-electron chi connectivity index (χ2n) is 2.67. The van der Waals surface area contributed by atoms with Crippen LogP contribution in [0.2, 0.25) is 0 Å². The van der Waals surface area contributed by atoms with E-state index in [4.69, 9.17) is 5.73 Å². The first-order valence-electron chi connectivity index (χ1n) is 3.60. The number of hydrogen-bond acceptors (Lipinski definition) is 2. The van der Waals surface area contributed by atoms with Crippen molar-refractivity contribution in [2.24, 2.45) is 11.8 Å². The minimum absolute atomic E-state index is 0.322. The Bertz CT molecular complexity index is 198. The van der Waals surface area contributed by atoms with Crippen LogP contribution in [0.15, 0.2) is 12.2 Å². The molecule has 0 aliphatic heterocycles. The fraction of sp³-hybridized carbons (Fsp3) is 0.500. The normalized spacial score (nSPS) is 29.8. The SMILES string of the molecule is [N]C(=O)C1C=CCCC1C=O. The second kappa shape index (κ2) is 3.32. The molecule has 3 nitrogen and oxygen atoms in total. The predicted molar refractivity (Wildman–Crippen MR) is 38.6 cm³/mol. The van der Waals surface area contributed by atoms with Gasteiger partial charge < -0.3 is 4.79 Å². The molecule has 0 spiro atoms. The summed E-state index contributed by atoms with van der Waals surface area (Å²) in [6.07, 6.45) is 5.64. The Kier molecular flexibility index (Phi) is 2.41. The van der Waals surface area contributed by atoms with Gasteiger partial charge in [-0.25, -0.2) is 0 Å². The van der Waals surface area contributed by atoms with Gasteiger partial charge in [-0.05, 0) is 12.8 Å². The number of nitrogens with zero attached hydrogens (tertiary/aromatic N) is 1. The smallest absolute Gasteiger partial charge is 0.272 e. The third kappa shape index (κ3) is 1.67. The molecule has 0 heterocycles. The van der Waals surface area contributed by atoms with E-state index in [9.17, 15) is 9.59 Å². The number of rotatable bonds is 2. The molecule has 11 heavy (non-hydrogen) atoms. The fourth-order valence-corrected chi connectivity index (χ4v) is 1.27. The van der Waals surface area contributed by atoms with E-state index in [0.717, 1.165) is 12.7 Å². The predicted octanol–water partition coefficient (Wildman–Crippen LogP) is 0.363. The van der Waals surface area contributed by atoms with Crippen molar-refractivity contribution >= 4 is 12.2 Å². The zero-order valence-electron chi connectivity index (χ0n) is 6.06. The van der Waals surface area contributed by atoms with Gasteiger partial charge in [0, 0.05) is 5.92 Å². The van der Waals surface area contributed by atoms with Gasteiger partial charge in [0.25, 0.3) is 5.91 Å². The zero-order chi connectivity index (χ0) is 8.27. The summed E-state index contributed by atoms with van der Waals surface area (Å²) in [5.74, 6) is -1.82. The van der Waals surface area contributed by atoms with Crippen molar-refractivity contribution < 1.29 is 9.59 Å². The standard InChI is InChI=1S/C8H9NO2/c9-8(11)7-4-2-1-3-6(7)5-10/h2,4-7H,1,3H2. The van der Waals surface area contributed by atoms with Crippen molar-refractivity contribution in [2.75, 3.05) is 0 Å². The van der Waals surface area contributed by atoms with Gasteiger partial charge in [-0.3, -0.25) is 4.79 Å². The molecule has 0 bridgehead atoms. The van der Waals surface area contributed by atoms with Crippen LogP contribution in [0.5, 0.6) is 0 Å². The first kappa shape index (κ1) is 7.98. The molecular weight excluding hydrogens is 142 g/mol. The monoisotopic (exact) mass is 151 g/mol. The Balaban J connectivity index is 2.72. The van der Waals surface area contributed by atoms with Crippen molar-refractivity contribution in [3.05, 3.63) is 12.2 Å². The minimum atomic E-state index is -0.905. The lowest BCUT2D eigenvalue weighted by Gasteiger charge is -2.18. The largest absolute Gasteiger partial charge is 0.303 e. The molecule has 0 saturated heterocycles. The number of hydrogen-bond donors (Lipinski definition) is 0. The lowest BCUT2D eigenvalue weighted by atomic mass is 9.85. The highest BCUT2D eigenvalue weighted by Crippen LogP contribution is 2.22. The molecule has 3 heteroatoms. The lowest BCUT2D eigenvalue weighted by molar-refractivity contribution is -0.126. The molecule has 2 atom stereocenters. The molecule has 1 aliphatic carbocycles. The zero-order valence-corrected chi connectivity index (χ0v) is 6.06. The molecule has 0 aromatic heterocycles. The van der Waals surface area contributed by atoms with Gasteiger partial charge in [-0.1, -0.05) is 12.2 Å². The molecule has 0 fully saturated rings. The molecule has 58 valence electrons. The summed E-state index contributed by atoms with van der Waals surface area (Å²) < 4.78 is 0. The maximum Gasteiger partial charge on any atom is 0.272 e. The van der Waals surface area contributed by atoms with Gasteiger partial charge in [0.2, 0.25) is 0 Å². The van der Waals surface area contributed by atoms with Crippen LogP contribution in [0.3, 0.4) is 0 Å². The van der Waals surface area contributed by atoms with Gasteiger partial charge in [0.15, 0.2) is 0 Å². The topological polar surface area (TPSA) is 56.4 Å². The minimum Gasteiger partial charge on any atom is -0.303 e. The number of amides is 1. The van der Waals surface area contributed by atoms with Crippen LogP contribution < -0.4 is 5.73 Å². The molecule has 0 N–H and O–H groups in total. The van der Waals surface area contributed by atoms with Gasteiger partial charge >= 0.3 is 0 Å². The van der Waals surface area contributed by atoms with E-state index in [0.29, 0.717) is 6.42 Å². The Morgan fingerprint density at radius 3 is 2.82 bits per heavy atom. The van der Waals surface area contributed by atoms with E-state index < -0.39 is 11.8 Å². The lowest BCUT2D eigenvalue weighted by Crippen LogP contribution is -2.25. The van der Waals surface area contributed by atoms with Crippen LogP contribution in [0, 0.1) is 11.8 Å². The van der Waals surface area contributed by atoms with Crippen molar-refractivity contribution in [3.63, 3.8) is 0 Å². The third-order valence-corrected chi connectivity index (χ3v) is 1.93. The van der Waals surface area contributed by atoms with Gasteiger partial charge in [0.1, 0.15) is 6.29 Å². The maximum absolute atomic E-state index is 10.5. The molecule has 2 radical (unpaired) electrons. The van der Waals surface area contributed by atoms with Crippen LogP contribution in [0.25, 0.3) is 0 Å². The summed E-state index contributed by atoms with van der Waals surface area (Å²) in [6.45, 7) is 0. The van der Waals surface area contributed by atoms with Gasteiger partial charge in [-0.15, -0.1) is 5.73 Å². The Labute approximate surface area is 65.3 Å². The highest BCUT2D eigenvalue weighted by atomic mass is 16.1. The number of carbonyl (C=O) groups excluding carboxylic acids is 2. The average molecular weight is 151 g/mol. The summed E-state index contributed by atoms with van der Waals surface area (Å²) in [5.41, 5.74) is 8.63. The van der Waals surface area contributed by atoms with E-state index in [2.05, 4.69) is 0 Å². The van der Waals surface area contributed by atoms with Crippen LogP contribution in [0.4, 0.5) is 0 Å². The Hall–Kier alpha value is -1.12. The molecule has 1 amide bonds. The summed E-state index contributed by atoms with van der Waals surface area (Å²) in [4.78, 5) is 20.9. The number of carbonyl (C=O) groups is 2. The Morgan fingerprint density at radius 1 is 1.64 bits per heavy atom. The molecule has 0 aromatic carbocycles. The van der Waals surface area contributed by atoms with E-state index in [-0.39, 0.29) is 5.92 Å². The van der Waals surface area contributed by atoms with Crippen LogP contribution in [0.1, 0.15) is 12.8 Å². The van der Waals surface area contributed by atoms with E-state index in [1.54, 1.807) is 6.08 Å². The number of aldehydes is 1.